The van der Waals surface area contributed by atoms with Gasteiger partial charge in [-0.25, -0.2) is 17.6 Å². The first-order valence-electron chi connectivity index (χ1n) is 10.1. The third kappa shape index (κ3) is 5.34. The molecule has 8 nitrogen and oxygen atoms in total. The van der Waals surface area contributed by atoms with Crippen molar-refractivity contribution in [3.05, 3.63) is 83.7 Å². The second kappa shape index (κ2) is 10.3. The van der Waals surface area contributed by atoms with Gasteiger partial charge in [0.2, 0.25) is 5.91 Å². The number of rotatable bonds is 8. The van der Waals surface area contributed by atoms with Gasteiger partial charge in [-0.3, -0.25) is 9.10 Å². The standard InChI is InChI=1S/C24H23FN2O6S/c1-16-8-9-17(24(29)33-3)14-21(16)26-23(28)15-27(22-7-5-4-6-20(22)25)34(30,31)19-12-10-18(32-2)11-13-19/h4-14H,15H2,1-3H3,(H,26,28). The molecule has 34 heavy (non-hydrogen) atoms. The van der Waals surface area contributed by atoms with Gasteiger partial charge in [0.15, 0.2) is 0 Å². The quantitative estimate of drug-likeness (QED) is 0.487. The van der Waals surface area contributed by atoms with Gasteiger partial charge in [0.1, 0.15) is 18.1 Å². The van der Waals surface area contributed by atoms with Crippen molar-refractivity contribution < 1.29 is 31.9 Å². The molecule has 0 radical (unpaired) electrons. The van der Waals surface area contributed by atoms with E-state index in [0.717, 1.165) is 6.07 Å². The van der Waals surface area contributed by atoms with E-state index in [1.807, 2.05) is 0 Å². The van der Waals surface area contributed by atoms with Crippen molar-refractivity contribution in [2.24, 2.45) is 0 Å². The highest BCUT2D eigenvalue weighted by Gasteiger charge is 2.29. The van der Waals surface area contributed by atoms with Crippen LogP contribution in [-0.4, -0.2) is 41.1 Å². The molecule has 3 aromatic carbocycles. The van der Waals surface area contributed by atoms with Crippen LogP contribution in [0.3, 0.4) is 0 Å². The molecular formula is C24H23FN2O6S. The van der Waals surface area contributed by atoms with Crippen molar-refractivity contribution in [1.82, 2.24) is 0 Å². The third-order valence-corrected chi connectivity index (χ3v) is 6.76. The number of hydrogen-bond donors (Lipinski definition) is 1. The van der Waals surface area contributed by atoms with Crippen LogP contribution in [0.1, 0.15) is 15.9 Å². The van der Waals surface area contributed by atoms with E-state index in [9.17, 15) is 22.4 Å². The lowest BCUT2D eigenvalue weighted by Gasteiger charge is -2.24. The topological polar surface area (TPSA) is 102 Å². The molecule has 1 amide bonds. The van der Waals surface area contributed by atoms with E-state index in [1.54, 1.807) is 13.0 Å². The van der Waals surface area contributed by atoms with E-state index in [-0.39, 0.29) is 16.1 Å². The van der Waals surface area contributed by atoms with Crippen LogP contribution in [0.2, 0.25) is 0 Å². The normalized spacial score (nSPS) is 10.9. The minimum absolute atomic E-state index is 0.145. The molecule has 0 saturated carbocycles. The summed E-state index contributed by atoms with van der Waals surface area (Å²) in [4.78, 5) is 24.6. The van der Waals surface area contributed by atoms with Crippen LogP contribution in [-0.2, 0) is 19.6 Å². The summed E-state index contributed by atoms with van der Waals surface area (Å²) in [5.74, 6) is -1.69. The molecule has 1 N–H and O–H groups in total. The van der Waals surface area contributed by atoms with Gasteiger partial charge < -0.3 is 14.8 Å². The van der Waals surface area contributed by atoms with Crippen molar-refractivity contribution in [2.45, 2.75) is 11.8 Å². The number of nitrogens with one attached hydrogen (secondary N) is 1. The summed E-state index contributed by atoms with van der Waals surface area (Å²) in [5.41, 5.74) is 0.855. The van der Waals surface area contributed by atoms with E-state index in [1.165, 1.54) is 68.8 Å². The molecule has 0 aliphatic carbocycles. The van der Waals surface area contributed by atoms with E-state index < -0.39 is 34.3 Å². The van der Waals surface area contributed by atoms with Crippen molar-refractivity contribution in [1.29, 1.82) is 0 Å². The number of benzene rings is 3. The molecule has 0 aliphatic heterocycles. The number of carbonyl (C=O) groups is 2. The Kier molecular flexibility index (Phi) is 7.52. The molecule has 0 atom stereocenters. The zero-order valence-electron chi connectivity index (χ0n) is 18.7. The molecule has 0 saturated heterocycles. The van der Waals surface area contributed by atoms with Crippen LogP contribution in [0.4, 0.5) is 15.8 Å². The maximum atomic E-state index is 14.6. The van der Waals surface area contributed by atoms with E-state index >= 15 is 0 Å². The summed E-state index contributed by atoms with van der Waals surface area (Å²) in [5, 5.41) is 2.60. The number of hydrogen-bond acceptors (Lipinski definition) is 6. The summed E-state index contributed by atoms with van der Waals surface area (Å²) in [6.45, 7) is 0.997. The Morgan fingerprint density at radius 1 is 1.00 bits per heavy atom. The summed E-state index contributed by atoms with van der Waals surface area (Å²) in [6, 6.07) is 15.4. The largest absolute Gasteiger partial charge is 0.497 e. The van der Waals surface area contributed by atoms with Crippen molar-refractivity contribution in [3.8, 4) is 5.75 Å². The first kappa shape index (κ1) is 24.7. The predicted octanol–water partition coefficient (Wildman–Crippen LogP) is 3.76. The Bertz CT molecular complexity index is 1310. The lowest BCUT2D eigenvalue weighted by molar-refractivity contribution is -0.114. The molecular weight excluding hydrogens is 463 g/mol. The summed E-state index contributed by atoms with van der Waals surface area (Å²) >= 11 is 0. The number of anilines is 2. The van der Waals surface area contributed by atoms with Gasteiger partial charge in [-0.2, -0.15) is 0 Å². The fraction of sp³-hybridized carbons (Fsp3) is 0.167. The van der Waals surface area contributed by atoms with Gasteiger partial charge in [0.05, 0.1) is 30.4 Å². The zero-order chi connectivity index (χ0) is 24.9. The summed E-state index contributed by atoms with van der Waals surface area (Å²) in [7, 11) is -1.65. The van der Waals surface area contributed by atoms with Gasteiger partial charge in [-0.15, -0.1) is 0 Å². The van der Waals surface area contributed by atoms with Crippen LogP contribution in [0, 0.1) is 12.7 Å². The summed E-state index contributed by atoms with van der Waals surface area (Å²) < 4.78 is 51.9. The number of halogens is 1. The van der Waals surface area contributed by atoms with Gasteiger partial charge in [0, 0.05) is 5.69 Å². The molecule has 3 rings (SSSR count). The van der Waals surface area contributed by atoms with Crippen LogP contribution in [0.25, 0.3) is 0 Å². The first-order chi connectivity index (χ1) is 16.2. The van der Waals surface area contributed by atoms with Crippen LogP contribution in [0.15, 0.2) is 71.6 Å². The van der Waals surface area contributed by atoms with E-state index in [4.69, 9.17) is 9.47 Å². The Morgan fingerprint density at radius 2 is 1.68 bits per heavy atom. The molecule has 178 valence electrons. The number of sulfonamides is 1. The molecule has 0 aromatic heterocycles. The molecule has 0 heterocycles. The minimum atomic E-state index is -4.32. The highest BCUT2D eigenvalue weighted by molar-refractivity contribution is 7.92. The predicted molar refractivity (Wildman–Crippen MR) is 125 cm³/mol. The molecule has 0 spiro atoms. The van der Waals surface area contributed by atoms with Crippen LogP contribution in [0.5, 0.6) is 5.75 Å². The monoisotopic (exact) mass is 486 g/mol. The molecule has 0 unspecified atom stereocenters. The van der Waals surface area contributed by atoms with Crippen LogP contribution >= 0.6 is 0 Å². The SMILES string of the molecule is COC(=O)c1ccc(C)c(NC(=O)CN(c2ccccc2F)S(=O)(=O)c2ccc(OC)cc2)c1. The number of esters is 1. The maximum absolute atomic E-state index is 14.6. The Balaban J connectivity index is 1.96. The minimum Gasteiger partial charge on any atom is -0.497 e. The highest BCUT2D eigenvalue weighted by atomic mass is 32.2. The second-order valence-electron chi connectivity index (χ2n) is 7.21. The number of aryl methyl sites for hydroxylation is 1. The first-order valence-corrected chi connectivity index (χ1v) is 11.5. The average Bonchev–Trinajstić information content (AvgIpc) is 2.84. The number of ether oxygens (including phenoxy) is 2. The van der Waals surface area contributed by atoms with Crippen molar-refractivity contribution in [2.75, 3.05) is 30.4 Å². The third-order valence-electron chi connectivity index (χ3n) is 4.99. The molecule has 10 heteroatoms. The molecule has 0 aliphatic rings. The number of carbonyl (C=O) groups excluding carboxylic acids is 2. The zero-order valence-corrected chi connectivity index (χ0v) is 19.6. The van der Waals surface area contributed by atoms with Gasteiger partial charge >= 0.3 is 5.97 Å². The molecule has 0 bridgehead atoms. The van der Waals surface area contributed by atoms with E-state index in [0.29, 0.717) is 21.3 Å². The fourth-order valence-electron chi connectivity index (χ4n) is 3.15. The van der Waals surface area contributed by atoms with E-state index in [2.05, 4.69) is 5.32 Å². The van der Waals surface area contributed by atoms with Gasteiger partial charge in [0.25, 0.3) is 10.0 Å². The Morgan fingerprint density at radius 3 is 2.29 bits per heavy atom. The number of methoxy groups -OCH3 is 2. The second-order valence-corrected chi connectivity index (χ2v) is 9.07. The lowest BCUT2D eigenvalue weighted by Crippen LogP contribution is -2.38. The maximum Gasteiger partial charge on any atom is 0.337 e. The van der Waals surface area contributed by atoms with Gasteiger partial charge in [-0.1, -0.05) is 18.2 Å². The average molecular weight is 487 g/mol. The Hall–Kier alpha value is -3.92. The molecule has 3 aromatic rings. The highest BCUT2D eigenvalue weighted by Crippen LogP contribution is 2.27. The Labute approximate surface area is 197 Å². The van der Waals surface area contributed by atoms with Gasteiger partial charge in [-0.05, 0) is 61.0 Å². The number of para-hydroxylation sites is 1. The summed E-state index contributed by atoms with van der Waals surface area (Å²) in [6.07, 6.45) is 0. The molecule has 0 fully saturated rings. The van der Waals surface area contributed by atoms with Crippen molar-refractivity contribution in [3.63, 3.8) is 0 Å². The lowest BCUT2D eigenvalue weighted by atomic mass is 10.1. The number of amides is 1. The fourth-order valence-corrected chi connectivity index (χ4v) is 4.58. The number of nitrogens with zero attached hydrogens (tertiary/aromatic N) is 1. The smallest absolute Gasteiger partial charge is 0.337 e. The van der Waals surface area contributed by atoms with Crippen molar-refractivity contribution >= 4 is 33.3 Å². The van der Waals surface area contributed by atoms with Crippen LogP contribution < -0.4 is 14.4 Å².